The van der Waals surface area contributed by atoms with Gasteiger partial charge in [0.05, 0.1) is 18.4 Å². The fraction of sp³-hybridized carbons (Fsp3) is 0.588. The van der Waals surface area contributed by atoms with Crippen molar-refractivity contribution in [2.24, 2.45) is 5.16 Å². The van der Waals surface area contributed by atoms with Crippen molar-refractivity contribution in [2.45, 2.75) is 63.6 Å². The zero-order valence-corrected chi connectivity index (χ0v) is 16.2. The van der Waals surface area contributed by atoms with E-state index in [-0.39, 0.29) is 6.61 Å². The van der Waals surface area contributed by atoms with E-state index in [0.29, 0.717) is 6.42 Å². The molecular weight excluding hydrogens is 380 g/mol. The van der Waals surface area contributed by atoms with Gasteiger partial charge in [-0.05, 0) is 18.9 Å². The molecule has 6 atom stereocenters. The molecule has 0 saturated heterocycles. The van der Waals surface area contributed by atoms with Crippen molar-refractivity contribution < 1.29 is 38.5 Å². The van der Waals surface area contributed by atoms with Gasteiger partial charge < -0.3 is 29.6 Å². The quantitative estimate of drug-likeness (QED) is 0.237. The molecule has 0 amide bonds. The summed E-state index contributed by atoms with van der Waals surface area (Å²) in [4.78, 5) is 14.5. The Morgan fingerprint density at radius 3 is 2.48 bits per heavy atom. The highest BCUT2D eigenvalue weighted by Crippen LogP contribution is 2.51. The molecule has 0 aliphatic rings. The van der Waals surface area contributed by atoms with Gasteiger partial charge in [-0.3, -0.25) is 4.57 Å². The van der Waals surface area contributed by atoms with Crippen LogP contribution < -0.4 is 0 Å². The van der Waals surface area contributed by atoms with Gasteiger partial charge in [0.15, 0.2) is 0 Å². The molecule has 1 aromatic rings. The molecule has 4 N–H and O–H groups in total. The molecule has 10 heteroatoms. The Bertz CT molecular complexity index is 619. The van der Waals surface area contributed by atoms with E-state index in [9.17, 15) is 29.2 Å². The molecule has 3 unspecified atom stereocenters. The summed E-state index contributed by atoms with van der Waals surface area (Å²) < 4.78 is 30.6. The van der Waals surface area contributed by atoms with E-state index >= 15 is 0 Å². The van der Waals surface area contributed by atoms with E-state index in [1.807, 2.05) is 18.2 Å². The summed E-state index contributed by atoms with van der Waals surface area (Å²) in [5, 5.41) is 32.9. The molecule has 1 aromatic carbocycles. The molecule has 0 aliphatic carbocycles. The molecule has 0 heterocycles. The number of aliphatic hydroxyl groups is 3. The first kappa shape index (κ1) is 23.7. The third-order valence-electron chi connectivity index (χ3n) is 3.80. The maximum Gasteiger partial charge on any atom is 0.362 e. The third-order valence-corrected chi connectivity index (χ3v) is 5.38. The van der Waals surface area contributed by atoms with Gasteiger partial charge in [0.25, 0.3) is 0 Å². The number of aliphatic hydroxyl groups excluding tert-OH is 3. The summed E-state index contributed by atoms with van der Waals surface area (Å²) in [6, 6.07) is 9.08. The fourth-order valence-corrected chi connectivity index (χ4v) is 3.26. The first-order valence-corrected chi connectivity index (χ1v) is 10.2. The van der Waals surface area contributed by atoms with Crippen molar-refractivity contribution >= 4 is 13.8 Å². The van der Waals surface area contributed by atoms with Gasteiger partial charge >= 0.3 is 7.60 Å². The lowest BCUT2D eigenvalue weighted by molar-refractivity contribution is -0.0425. The SMILES string of the molecule is CCC(C)OP(=O)(O)C(F)C[C@@H](O)[C@@H](O)[C@H](O)C=NOCc1ccccc1. The summed E-state index contributed by atoms with van der Waals surface area (Å²) in [5.41, 5.74) is 0.838. The van der Waals surface area contributed by atoms with Crippen LogP contribution in [0.1, 0.15) is 32.3 Å². The Morgan fingerprint density at radius 1 is 1.26 bits per heavy atom. The molecule has 0 saturated carbocycles. The topological polar surface area (TPSA) is 129 Å². The second-order valence-corrected chi connectivity index (χ2v) is 8.02. The van der Waals surface area contributed by atoms with Crippen molar-refractivity contribution in [2.75, 3.05) is 0 Å². The Morgan fingerprint density at radius 2 is 1.89 bits per heavy atom. The number of hydrogen-bond donors (Lipinski definition) is 4. The van der Waals surface area contributed by atoms with E-state index < -0.39 is 44.3 Å². The predicted molar refractivity (Wildman–Crippen MR) is 97.9 cm³/mol. The number of oxime groups is 1. The van der Waals surface area contributed by atoms with Crippen LogP contribution in [0, 0.1) is 0 Å². The zero-order valence-electron chi connectivity index (χ0n) is 15.3. The van der Waals surface area contributed by atoms with Crippen molar-refractivity contribution in [3.05, 3.63) is 35.9 Å². The van der Waals surface area contributed by atoms with Gasteiger partial charge in [-0.15, -0.1) is 0 Å². The van der Waals surface area contributed by atoms with Crippen molar-refractivity contribution in [1.82, 2.24) is 0 Å². The second kappa shape index (κ2) is 11.5. The number of rotatable bonds is 12. The first-order chi connectivity index (χ1) is 12.7. The molecule has 8 nitrogen and oxygen atoms in total. The van der Waals surface area contributed by atoms with Crippen LogP contribution in [0.2, 0.25) is 0 Å². The zero-order chi connectivity index (χ0) is 20.4. The molecule has 0 aromatic heterocycles. The summed E-state index contributed by atoms with van der Waals surface area (Å²) in [6.07, 6.45) is -5.57. The van der Waals surface area contributed by atoms with Gasteiger partial charge in [-0.1, -0.05) is 42.4 Å². The van der Waals surface area contributed by atoms with Crippen LogP contribution in [-0.4, -0.2) is 56.8 Å². The number of benzene rings is 1. The molecule has 0 spiro atoms. The van der Waals surface area contributed by atoms with Crippen molar-refractivity contribution in [1.29, 1.82) is 0 Å². The van der Waals surface area contributed by atoms with Crippen LogP contribution in [-0.2, 0) is 20.5 Å². The fourth-order valence-electron chi connectivity index (χ4n) is 1.98. The standard InChI is InChI=1S/C17H27FNO7P/c1-3-12(2)26-27(23,24)16(18)9-14(20)17(22)15(21)10-19-25-11-13-7-5-4-6-8-13/h4-8,10,12,14-17,20-22H,3,9,11H2,1-2H3,(H,23,24)/t12?,14-,15-,16?,17-/m1/s1. The third kappa shape index (κ3) is 8.47. The molecule has 0 bridgehead atoms. The molecular formula is C17H27FNO7P. The minimum Gasteiger partial charge on any atom is -0.391 e. The lowest BCUT2D eigenvalue weighted by Crippen LogP contribution is -2.39. The molecule has 0 fully saturated rings. The number of alkyl halides is 1. The van der Waals surface area contributed by atoms with Crippen LogP contribution in [0.3, 0.4) is 0 Å². The molecule has 0 aliphatic heterocycles. The Balaban J connectivity index is 2.47. The van der Waals surface area contributed by atoms with Gasteiger partial charge in [0, 0.05) is 6.42 Å². The minimum atomic E-state index is -4.62. The second-order valence-electron chi connectivity index (χ2n) is 6.12. The summed E-state index contributed by atoms with van der Waals surface area (Å²) in [5.74, 6) is -2.41. The summed E-state index contributed by atoms with van der Waals surface area (Å²) >= 11 is 0. The van der Waals surface area contributed by atoms with E-state index in [4.69, 9.17) is 9.36 Å². The smallest absolute Gasteiger partial charge is 0.362 e. The van der Waals surface area contributed by atoms with E-state index in [0.717, 1.165) is 11.8 Å². The summed E-state index contributed by atoms with van der Waals surface area (Å²) in [6.45, 7) is 3.35. The largest absolute Gasteiger partial charge is 0.391 e. The van der Waals surface area contributed by atoms with E-state index in [1.54, 1.807) is 19.1 Å². The van der Waals surface area contributed by atoms with Gasteiger partial charge in [-0.2, -0.15) is 0 Å². The van der Waals surface area contributed by atoms with Crippen LogP contribution >= 0.6 is 7.60 Å². The Hall–Kier alpha value is -1.35. The lowest BCUT2D eigenvalue weighted by atomic mass is 10.1. The van der Waals surface area contributed by atoms with Crippen LogP contribution in [0.25, 0.3) is 0 Å². The van der Waals surface area contributed by atoms with E-state index in [1.165, 1.54) is 6.92 Å². The predicted octanol–water partition coefficient (Wildman–Crippen LogP) is 1.96. The normalized spacial score (nSPS) is 19.8. The lowest BCUT2D eigenvalue weighted by Gasteiger charge is -2.24. The molecule has 0 radical (unpaired) electrons. The molecule has 154 valence electrons. The first-order valence-electron chi connectivity index (χ1n) is 8.55. The Kier molecular flexibility index (Phi) is 10.1. The minimum absolute atomic E-state index is 0.135. The molecule has 1 rings (SSSR count). The maximum absolute atomic E-state index is 14.0. The monoisotopic (exact) mass is 407 g/mol. The van der Waals surface area contributed by atoms with Gasteiger partial charge in [-0.25, -0.2) is 4.39 Å². The van der Waals surface area contributed by atoms with Crippen molar-refractivity contribution in [3.63, 3.8) is 0 Å². The van der Waals surface area contributed by atoms with Crippen LogP contribution in [0.15, 0.2) is 35.5 Å². The number of hydrogen-bond acceptors (Lipinski definition) is 7. The average Bonchev–Trinajstić information content (AvgIpc) is 2.64. The van der Waals surface area contributed by atoms with Crippen molar-refractivity contribution in [3.8, 4) is 0 Å². The highest BCUT2D eigenvalue weighted by molar-refractivity contribution is 7.53. The van der Waals surface area contributed by atoms with Crippen LogP contribution in [0.5, 0.6) is 0 Å². The maximum atomic E-state index is 14.0. The van der Waals surface area contributed by atoms with E-state index in [2.05, 4.69) is 5.16 Å². The van der Waals surface area contributed by atoms with Gasteiger partial charge in [0.1, 0.15) is 18.8 Å². The summed E-state index contributed by atoms with van der Waals surface area (Å²) in [7, 11) is -4.62. The molecule has 27 heavy (non-hydrogen) atoms. The van der Waals surface area contributed by atoms with Crippen LogP contribution in [0.4, 0.5) is 4.39 Å². The average molecular weight is 407 g/mol. The number of nitrogens with zero attached hydrogens (tertiary/aromatic N) is 1. The van der Waals surface area contributed by atoms with Gasteiger partial charge in [0.2, 0.25) is 5.91 Å². The number of halogens is 1. The highest BCUT2D eigenvalue weighted by Gasteiger charge is 2.38. The Labute approximate surface area is 157 Å². The highest BCUT2D eigenvalue weighted by atomic mass is 31.2.